The normalized spacial score (nSPS) is 13.2. The molecule has 0 fully saturated rings. The first-order chi connectivity index (χ1) is 7.02. The largest absolute Gasteiger partial charge is 0.310 e. The van der Waals surface area contributed by atoms with Gasteiger partial charge in [-0.2, -0.15) is 0 Å². The first-order valence-electron chi connectivity index (χ1n) is 5.18. The summed E-state index contributed by atoms with van der Waals surface area (Å²) in [4.78, 5) is 0. The SMILES string of the molecule is CC(C)C(C)NCc1cccc(F)c1Cl. The molecular formula is C12H17ClFN. The number of nitrogens with one attached hydrogen (secondary N) is 1. The van der Waals surface area contributed by atoms with E-state index in [0.717, 1.165) is 5.56 Å². The Morgan fingerprint density at radius 3 is 2.60 bits per heavy atom. The van der Waals surface area contributed by atoms with Crippen LogP contribution in [0.5, 0.6) is 0 Å². The molecule has 1 aromatic rings. The van der Waals surface area contributed by atoms with Crippen LogP contribution in [0.15, 0.2) is 18.2 Å². The minimum atomic E-state index is -0.354. The lowest BCUT2D eigenvalue weighted by Crippen LogP contribution is -2.30. The zero-order valence-corrected chi connectivity index (χ0v) is 10.1. The summed E-state index contributed by atoms with van der Waals surface area (Å²) in [7, 11) is 0. The standard InChI is InChI=1S/C12H17ClFN/c1-8(2)9(3)15-7-10-5-4-6-11(14)12(10)13/h4-6,8-9,15H,7H2,1-3H3. The zero-order chi connectivity index (χ0) is 11.4. The molecule has 0 aromatic heterocycles. The second kappa shape index (κ2) is 5.47. The van der Waals surface area contributed by atoms with Crippen molar-refractivity contribution in [1.82, 2.24) is 5.32 Å². The fourth-order valence-electron chi connectivity index (χ4n) is 1.19. The van der Waals surface area contributed by atoms with Crippen LogP contribution in [-0.4, -0.2) is 6.04 Å². The highest BCUT2D eigenvalue weighted by atomic mass is 35.5. The van der Waals surface area contributed by atoms with Crippen molar-refractivity contribution in [2.45, 2.75) is 33.4 Å². The monoisotopic (exact) mass is 229 g/mol. The lowest BCUT2D eigenvalue weighted by atomic mass is 10.1. The van der Waals surface area contributed by atoms with E-state index in [1.807, 2.05) is 6.07 Å². The van der Waals surface area contributed by atoms with Gasteiger partial charge in [-0.25, -0.2) is 4.39 Å². The smallest absolute Gasteiger partial charge is 0.142 e. The van der Waals surface area contributed by atoms with Gasteiger partial charge in [0.25, 0.3) is 0 Å². The Labute approximate surface area is 95.6 Å². The highest BCUT2D eigenvalue weighted by Crippen LogP contribution is 2.19. The maximum Gasteiger partial charge on any atom is 0.142 e. The number of hydrogen-bond acceptors (Lipinski definition) is 1. The summed E-state index contributed by atoms with van der Waals surface area (Å²) in [6.07, 6.45) is 0. The van der Waals surface area contributed by atoms with Gasteiger partial charge in [-0.05, 0) is 24.5 Å². The second-order valence-corrected chi connectivity index (χ2v) is 4.50. The highest BCUT2D eigenvalue weighted by molar-refractivity contribution is 6.31. The molecule has 1 atom stereocenters. The first-order valence-corrected chi connectivity index (χ1v) is 5.56. The fraction of sp³-hybridized carbons (Fsp3) is 0.500. The van der Waals surface area contributed by atoms with Crippen LogP contribution < -0.4 is 5.32 Å². The van der Waals surface area contributed by atoms with Crippen LogP contribution in [0.3, 0.4) is 0 Å². The van der Waals surface area contributed by atoms with Crippen LogP contribution in [0.25, 0.3) is 0 Å². The molecule has 15 heavy (non-hydrogen) atoms. The van der Waals surface area contributed by atoms with Crippen LogP contribution >= 0.6 is 11.6 Å². The van der Waals surface area contributed by atoms with Crippen molar-refractivity contribution in [2.24, 2.45) is 5.92 Å². The van der Waals surface area contributed by atoms with E-state index in [-0.39, 0.29) is 10.8 Å². The maximum absolute atomic E-state index is 13.1. The van der Waals surface area contributed by atoms with Gasteiger partial charge < -0.3 is 5.32 Å². The predicted molar refractivity (Wildman–Crippen MR) is 62.5 cm³/mol. The summed E-state index contributed by atoms with van der Waals surface area (Å²) < 4.78 is 13.1. The predicted octanol–water partition coefficient (Wildman–Crippen LogP) is 3.61. The fourth-order valence-corrected chi connectivity index (χ4v) is 1.38. The summed E-state index contributed by atoms with van der Waals surface area (Å²) >= 11 is 5.84. The van der Waals surface area contributed by atoms with Crippen molar-refractivity contribution in [3.8, 4) is 0 Å². The number of hydrogen-bond donors (Lipinski definition) is 1. The summed E-state index contributed by atoms with van der Waals surface area (Å²) in [5.41, 5.74) is 0.809. The Balaban J connectivity index is 2.62. The van der Waals surface area contributed by atoms with E-state index in [0.29, 0.717) is 18.5 Å². The van der Waals surface area contributed by atoms with Crippen LogP contribution in [-0.2, 0) is 6.54 Å². The highest BCUT2D eigenvalue weighted by Gasteiger charge is 2.09. The molecule has 0 amide bonds. The van der Waals surface area contributed by atoms with E-state index < -0.39 is 0 Å². The number of halogens is 2. The van der Waals surface area contributed by atoms with Crippen molar-refractivity contribution in [3.05, 3.63) is 34.6 Å². The van der Waals surface area contributed by atoms with Crippen molar-refractivity contribution in [1.29, 1.82) is 0 Å². The minimum Gasteiger partial charge on any atom is -0.310 e. The topological polar surface area (TPSA) is 12.0 Å². The molecule has 0 radical (unpaired) electrons. The van der Waals surface area contributed by atoms with Crippen molar-refractivity contribution in [3.63, 3.8) is 0 Å². The lowest BCUT2D eigenvalue weighted by Gasteiger charge is -2.17. The third-order valence-corrected chi connectivity index (χ3v) is 3.07. The van der Waals surface area contributed by atoms with Crippen LogP contribution in [0.2, 0.25) is 5.02 Å². The van der Waals surface area contributed by atoms with Gasteiger partial charge in [-0.1, -0.05) is 37.6 Å². The third-order valence-electron chi connectivity index (χ3n) is 2.65. The summed E-state index contributed by atoms with van der Waals surface area (Å²) in [5.74, 6) is 0.200. The molecular weight excluding hydrogens is 213 g/mol. The third kappa shape index (κ3) is 3.47. The van der Waals surface area contributed by atoms with E-state index in [9.17, 15) is 4.39 Å². The van der Waals surface area contributed by atoms with Crippen molar-refractivity contribution >= 4 is 11.6 Å². The molecule has 84 valence electrons. The van der Waals surface area contributed by atoms with Gasteiger partial charge in [0.05, 0.1) is 5.02 Å². The molecule has 1 aromatic carbocycles. The van der Waals surface area contributed by atoms with E-state index in [4.69, 9.17) is 11.6 Å². The van der Waals surface area contributed by atoms with Gasteiger partial charge in [0.15, 0.2) is 0 Å². The Bertz CT molecular complexity index is 325. The van der Waals surface area contributed by atoms with E-state index in [2.05, 4.69) is 26.1 Å². The van der Waals surface area contributed by atoms with E-state index in [1.165, 1.54) is 6.07 Å². The maximum atomic E-state index is 13.1. The quantitative estimate of drug-likeness (QED) is 0.832. The van der Waals surface area contributed by atoms with Gasteiger partial charge >= 0.3 is 0 Å². The molecule has 0 saturated carbocycles. The molecule has 0 saturated heterocycles. The van der Waals surface area contributed by atoms with Crippen LogP contribution in [0.1, 0.15) is 26.3 Å². The molecule has 0 aliphatic heterocycles. The minimum absolute atomic E-state index is 0.223. The molecule has 0 aliphatic rings. The Kier molecular flexibility index (Phi) is 4.55. The first kappa shape index (κ1) is 12.5. The summed E-state index contributed by atoms with van der Waals surface area (Å²) in [6.45, 7) is 7.00. The lowest BCUT2D eigenvalue weighted by molar-refractivity contribution is 0.426. The van der Waals surface area contributed by atoms with Crippen molar-refractivity contribution in [2.75, 3.05) is 0 Å². The molecule has 0 bridgehead atoms. The molecule has 0 heterocycles. The van der Waals surface area contributed by atoms with E-state index in [1.54, 1.807) is 6.07 Å². The Morgan fingerprint density at radius 1 is 1.33 bits per heavy atom. The van der Waals surface area contributed by atoms with Gasteiger partial charge in [-0.15, -0.1) is 0 Å². The molecule has 3 heteroatoms. The van der Waals surface area contributed by atoms with E-state index >= 15 is 0 Å². The van der Waals surface area contributed by atoms with Crippen LogP contribution in [0.4, 0.5) is 4.39 Å². The second-order valence-electron chi connectivity index (χ2n) is 4.13. The van der Waals surface area contributed by atoms with Gasteiger partial charge in [0, 0.05) is 12.6 Å². The van der Waals surface area contributed by atoms with Crippen molar-refractivity contribution < 1.29 is 4.39 Å². The molecule has 1 nitrogen and oxygen atoms in total. The number of benzene rings is 1. The molecule has 0 aliphatic carbocycles. The summed E-state index contributed by atoms with van der Waals surface area (Å²) in [6, 6.07) is 5.28. The van der Waals surface area contributed by atoms with Crippen LogP contribution in [0, 0.1) is 11.7 Å². The Morgan fingerprint density at radius 2 is 2.00 bits per heavy atom. The van der Waals surface area contributed by atoms with Gasteiger partial charge in [-0.3, -0.25) is 0 Å². The molecule has 0 spiro atoms. The number of rotatable bonds is 4. The average molecular weight is 230 g/mol. The van der Waals surface area contributed by atoms with Gasteiger partial charge in [0.2, 0.25) is 0 Å². The zero-order valence-electron chi connectivity index (χ0n) is 9.35. The van der Waals surface area contributed by atoms with Gasteiger partial charge in [0.1, 0.15) is 5.82 Å². The molecule has 1 rings (SSSR count). The molecule has 1 unspecified atom stereocenters. The summed E-state index contributed by atoms with van der Waals surface area (Å²) in [5, 5.41) is 3.54. The average Bonchev–Trinajstić information content (AvgIpc) is 2.19. The molecule has 1 N–H and O–H groups in total. The Hall–Kier alpha value is -0.600.